The molecule has 6 nitrogen and oxygen atoms in total. The summed E-state index contributed by atoms with van der Waals surface area (Å²) in [6, 6.07) is 6.17. The summed E-state index contributed by atoms with van der Waals surface area (Å²) in [5.41, 5.74) is 0.599. The molecule has 0 spiro atoms. The van der Waals surface area contributed by atoms with Crippen molar-refractivity contribution in [3.8, 4) is 5.75 Å². The number of nitrogens with zero attached hydrogens (tertiary/aromatic N) is 1. The summed E-state index contributed by atoms with van der Waals surface area (Å²) in [5.74, 6) is -0.671. The fraction of sp³-hybridized carbons (Fsp3) is 0.389. The third-order valence-corrected chi connectivity index (χ3v) is 4.72. The number of carbonyl (C=O) groups excluding carboxylic acids is 1. The third-order valence-electron chi connectivity index (χ3n) is 3.60. The summed E-state index contributed by atoms with van der Waals surface area (Å²) in [4.78, 5) is 27.6. The van der Waals surface area contributed by atoms with Crippen LogP contribution in [0.3, 0.4) is 0 Å². The van der Waals surface area contributed by atoms with Gasteiger partial charge in [0.15, 0.2) is 0 Å². The van der Waals surface area contributed by atoms with E-state index in [1.807, 2.05) is 6.92 Å². The second-order valence-corrected chi connectivity index (χ2v) is 7.13. The number of thiazole rings is 1. The Labute approximate surface area is 161 Å². The molecule has 1 heterocycles. The van der Waals surface area contributed by atoms with Crippen LogP contribution < -0.4 is 10.1 Å². The van der Waals surface area contributed by atoms with Crippen molar-refractivity contribution < 1.29 is 19.4 Å². The van der Waals surface area contributed by atoms with E-state index < -0.39 is 12.0 Å². The number of carbonyl (C=O) groups is 2. The summed E-state index contributed by atoms with van der Waals surface area (Å²) in [5, 5.41) is 14.9. The largest absolute Gasteiger partial charge is 0.486 e. The average molecular weight is 397 g/mol. The lowest BCUT2D eigenvalue weighted by Crippen LogP contribution is -2.41. The van der Waals surface area contributed by atoms with E-state index in [0.717, 1.165) is 17.8 Å². The first-order chi connectivity index (χ1) is 12.5. The number of carboxylic acids is 1. The number of rotatable bonds is 10. The summed E-state index contributed by atoms with van der Waals surface area (Å²) in [7, 11) is 0. The number of benzene rings is 1. The van der Waals surface area contributed by atoms with Crippen molar-refractivity contribution in [2.45, 2.75) is 45.3 Å². The Kier molecular flexibility index (Phi) is 7.87. The summed E-state index contributed by atoms with van der Waals surface area (Å²) in [6.45, 7) is 2.27. The molecule has 0 saturated heterocycles. The maximum atomic E-state index is 12.1. The lowest BCUT2D eigenvalue weighted by Gasteiger charge is -2.13. The molecule has 0 fully saturated rings. The van der Waals surface area contributed by atoms with E-state index in [1.54, 1.807) is 29.6 Å². The van der Waals surface area contributed by atoms with Gasteiger partial charge in [0.25, 0.3) is 0 Å². The van der Waals surface area contributed by atoms with E-state index in [0.29, 0.717) is 29.5 Å². The number of unbranched alkanes of at least 4 members (excludes halogenated alkanes) is 1. The van der Waals surface area contributed by atoms with Gasteiger partial charge in [-0.15, -0.1) is 11.3 Å². The molecule has 0 bridgehead atoms. The molecule has 1 amide bonds. The van der Waals surface area contributed by atoms with Crippen LogP contribution in [0.5, 0.6) is 5.75 Å². The van der Waals surface area contributed by atoms with Crippen LogP contribution in [0.15, 0.2) is 29.6 Å². The minimum Gasteiger partial charge on any atom is -0.486 e. The van der Waals surface area contributed by atoms with Gasteiger partial charge in [-0.3, -0.25) is 4.79 Å². The molecule has 1 atom stereocenters. The van der Waals surface area contributed by atoms with E-state index in [-0.39, 0.29) is 12.3 Å². The predicted molar refractivity (Wildman–Crippen MR) is 101 cm³/mol. The molecule has 8 heteroatoms. The number of carboxylic acid groups (broad SMARTS) is 1. The lowest BCUT2D eigenvalue weighted by atomic mass is 10.1. The first-order valence-corrected chi connectivity index (χ1v) is 9.57. The normalized spacial score (nSPS) is 11.8. The van der Waals surface area contributed by atoms with Gasteiger partial charge < -0.3 is 15.2 Å². The molecule has 2 aromatic rings. The van der Waals surface area contributed by atoms with Crippen LogP contribution in [0, 0.1) is 0 Å². The molecule has 1 unspecified atom stereocenters. The lowest BCUT2D eigenvalue weighted by molar-refractivity contribution is -0.142. The molecule has 0 aliphatic rings. The highest BCUT2D eigenvalue weighted by molar-refractivity contribution is 7.09. The predicted octanol–water partition coefficient (Wildman–Crippen LogP) is 3.68. The van der Waals surface area contributed by atoms with Crippen LogP contribution in [-0.4, -0.2) is 28.0 Å². The Morgan fingerprint density at radius 3 is 2.73 bits per heavy atom. The minimum atomic E-state index is -1.01. The number of aliphatic carboxylic acids is 1. The number of amides is 1. The standard InChI is InChI=1S/C18H21ClN2O4S/c1-2-3-4-15(18(23)24)21-16(22)9-13-11-26-17(20-13)10-25-14-7-5-12(19)6-8-14/h5-8,11,15H,2-4,9-10H2,1H3,(H,21,22)(H,23,24). The van der Waals surface area contributed by atoms with Crippen LogP contribution in [-0.2, 0) is 22.6 Å². The fourth-order valence-electron chi connectivity index (χ4n) is 2.25. The van der Waals surface area contributed by atoms with E-state index in [2.05, 4.69) is 10.3 Å². The zero-order valence-corrected chi connectivity index (χ0v) is 16.0. The van der Waals surface area contributed by atoms with Gasteiger partial charge in [0.1, 0.15) is 23.4 Å². The second kappa shape index (κ2) is 10.1. The van der Waals surface area contributed by atoms with Gasteiger partial charge in [0.05, 0.1) is 12.1 Å². The summed E-state index contributed by atoms with van der Waals surface area (Å²) < 4.78 is 5.62. The van der Waals surface area contributed by atoms with Gasteiger partial charge in [-0.2, -0.15) is 0 Å². The number of hydrogen-bond donors (Lipinski definition) is 2. The Morgan fingerprint density at radius 1 is 1.35 bits per heavy atom. The molecule has 1 aromatic carbocycles. The monoisotopic (exact) mass is 396 g/mol. The first-order valence-electron chi connectivity index (χ1n) is 8.31. The van der Waals surface area contributed by atoms with E-state index in [4.69, 9.17) is 21.4 Å². The maximum Gasteiger partial charge on any atom is 0.326 e. The van der Waals surface area contributed by atoms with Gasteiger partial charge >= 0.3 is 5.97 Å². The number of nitrogens with one attached hydrogen (secondary N) is 1. The zero-order valence-electron chi connectivity index (χ0n) is 14.4. The van der Waals surface area contributed by atoms with Crippen LogP contribution >= 0.6 is 22.9 Å². The highest BCUT2D eigenvalue weighted by atomic mass is 35.5. The average Bonchev–Trinajstić information content (AvgIpc) is 3.05. The van der Waals surface area contributed by atoms with Crippen molar-refractivity contribution >= 4 is 34.8 Å². The summed E-state index contributed by atoms with van der Waals surface area (Å²) >= 11 is 7.22. The molecule has 0 radical (unpaired) electrons. The van der Waals surface area contributed by atoms with Crippen LogP contribution in [0.2, 0.25) is 5.02 Å². The minimum absolute atomic E-state index is 0.0490. The van der Waals surface area contributed by atoms with Crippen molar-refractivity contribution in [2.75, 3.05) is 0 Å². The second-order valence-electron chi connectivity index (χ2n) is 5.75. The van der Waals surface area contributed by atoms with Crippen molar-refractivity contribution in [2.24, 2.45) is 0 Å². The Hall–Kier alpha value is -2.12. The smallest absolute Gasteiger partial charge is 0.326 e. The molecular formula is C18H21ClN2O4S. The molecule has 0 aliphatic carbocycles. The van der Waals surface area contributed by atoms with E-state index >= 15 is 0 Å². The molecule has 26 heavy (non-hydrogen) atoms. The molecular weight excluding hydrogens is 376 g/mol. The molecule has 0 saturated carbocycles. The van der Waals surface area contributed by atoms with Crippen LogP contribution in [0.1, 0.15) is 36.9 Å². The topological polar surface area (TPSA) is 88.5 Å². The number of aromatic nitrogens is 1. The Balaban J connectivity index is 1.83. The van der Waals surface area contributed by atoms with E-state index in [9.17, 15) is 9.59 Å². The molecule has 140 valence electrons. The highest BCUT2D eigenvalue weighted by Gasteiger charge is 2.19. The van der Waals surface area contributed by atoms with E-state index in [1.165, 1.54) is 11.3 Å². The first kappa shape index (κ1) is 20.2. The van der Waals surface area contributed by atoms with Gasteiger partial charge in [-0.1, -0.05) is 31.4 Å². The van der Waals surface area contributed by atoms with Gasteiger partial charge in [0.2, 0.25) is 5.91 Å². The highest BCUT2D eigenvalue weighted by Crippen LogP contribution is 2.18. The van der Waals surface area contributed by atoms with Crippen molar-refractivity contribution in [3.05, 3.63) is 45.4 Å². The molecule has 1 aromatic heterocycles. The van der Waals surface area contributed by atoms with Crippen molar-refractivity contribution in [1.29, 1.82) is 0 Å². The Bertz CT molecular complexity index is 733. The van der Waals surface area contributed by atoms with Crippen molar-refractivity contribution in [3.63, 3.8) is 0 Å². The Morgan fingerprint density at radius 2 is 2.08 bits per heavy atom. The van der Waals surface area contributed by atoms with Crippen LogP contribution in [0.4, 0.5) is 0 Å². The van der Waals surface area contributed by atoms with Crippen LogP contribution in [0.25, 0.3) is 0 Å². The van der Waals surface area contributed by atoms with Crippen molar-refractivity contribution in [1.82, 2.24) is 10.3 Å². The number of halogens is 1. The number of hydrogen-bond acceptors (Lipinski definition) is 5. The SMILES string of the molecule is CCCCC(NC(=O)Cc1csc(COc2ccc(Cl)cc2)n1)C(=O)O. The maximum absolute atomic E-state index is 12.1. The zero-order chi connectivity index (χ0) is 18.9. The number of ether oxygens (including phenoxy) is 1. The van der Waals surface area contributed by atoms with Gasteiger partial charge in [-0.05, 0) is 30.7 Å². The van der Waals surface area contributed by atoms with Gasteiger partial charge in [0, 0.05) is 10.4 Å². The molecule has 2 rings (SSSR count). The van der Waals surface area contributed by atoms with Gasteiger partial charge in [-0.25, -0.2) is 9.78 Å². The fourth-order valence-corrected chi connectivity index (χ4v) is 3.08. The third kappa shape index (κ3) is 6.65. The molecule has 2 N–H and O–H groups in total. The quantitative estimate of drug-likeness (QED) is 0.639. The summed E-state index contributed by atoms with van der Waals surface area (Å²) in [6.07, 6.45) is 2.10. The molecule has 0 aliphatic heterocycles.